The highest BCUT2D eigenvalue weighted by Gasteiger charge is 2.41. The summed E-state index contributed by atoms with van der Waals surface area (Å²) in [6.45, 7) is 4.70. The molecule has 0 heteroatoms. The lowest BCUT2D eigenvalue weighted by molar-refractivity contribution is 0.292. The number of hydrogen-bond donors (Lipinski definition) is 0. The summed E-state index contributed by atoms with van der Waals surface area (Å²) in [4.78, 5) is 0. The Bertz CT molecular complexity index is 151. The molecule has 0 aliphatic heterocycles. The molecule has 0 N–H and O–H groups in total. The summed E-state index contributed by atoms with van der Waals surface area (Å²) in [7, 11) is 0. The number of fused-ring (bicyclic) bond motifs is 2. The summed E-state index contributed by atoms with van der Waals surface area (Å²) in [6, 6.07) is 0. The fourth-order valence-corrected chi connectivity index (χ4v) is 3.24. The van der Waals surface area contributed by atoms with Crippen molar-refractivity contribution in [3.8, 4) is 0 Å². The molecule has 2 aliphatic carbocycles. The molecule has 1 fully saturated rings. The van der Waals surface area contributed by atoms with Crippen LogP contribution in [0.3, 0.4) is 0 Å². The van der Waals surface area contributed by atoms with Crippen LogP contribution in [-0.2, 0) is 0 Å². The van der Waals surface area contributed by atoms with Gasteiger partial charge in [-0.25, -0.2) is 0 Å². The van der Waals surface area contributed by atoms with E-state index < -0.39 is 0 Å². The van der Waals surface area contributed by atoms with E-state index in [1.807, 2.05) is 0 Å². The Labute approximate surface area is 69.7 Å². The van der Waals surface area contributed by atoms with Gasteiger partial charge in [0, 0.05) is 0 Å². The summed E-state index contributed by atoms with van der Waals surface area (Å²) in [5.74, 6) is 3.95. The summed E-state index contributed by atoms with van der Waals surface area (Å²) in [5, 5.41) is 0. The molecule has 2 aliphatic rings. The molecule has 0 aromatic carbocycles. The van der Waals surface area contributed by atoms with E-state index in [0.717, 1.165) is 23.7 Å². The maximum absolute atomic E-state index is 2.46. The van der Waals surface area contributed by atoms with E-state index in [-0.39, 0.29) is 0 Å². The molecule has 0 aromatic rings. The van der Waals surface area contributed by atoms with Crippen LogP contribution >= 0.6 is 0 Å². The van der Waals surface area contributed by atoms with Gasteiger partial charge in [0.05, 0.1) is 0 Å². The number of rotatable bonds is 2. The lowest BCUT2D eigenvalue weighted by atomic mass is 9.80. The maximum atomic E-state index is 2.46. The first kappa shape index (κ1) is 7.39. The SMILES string of the molecule is CCC1C2C=CC(C2)[C@H]1CC. The van der Waals surface area contributed by atoms with E-state index in [2.05, 4.69) is 26.0 Å². The fourth-order valence-electron chi connectivity index (χ4n) is 3.24. The zero-order valence-electron chi connectivity index (χ0n) is 7.59. The van der Waals surface area contributed by atoms with Crippen LogP contribution in [0.1, 0.15) is 33.1 Å². The lowest BCUT2D eigenvalue weighted by Crippen LogP contribution is -2.17. The predicted octanol–water partition coefficient (Wildman–Crippen LogP) is 3.24. The molecule has 0 heterocycles. The molecular formula is C11H18. The van der Waals surface area contributed by atoms with Crippen LogP contribution in [0, 0.1) is 23.7 Å². The van der Waals surface area contributed by atoms with Gasteiger partial charge in [0.15, 0.2) is 0 Å². The quantitative estimate of drug-likeness (QED) is 0.530. The highest BCUT2D eigenvalue weighted by molar-refractivity contribution is 5.12. The molecule has 62 valence electrons. The molecule has 2 rings (SSSR count). The Kier molecular flexibility index (Phi) is 1.78. The van der Waals surface area contributed by atoms with E-state index in [1.54, 1.807) is 0 Å². The summed E-state index contributed by atoms with van der Waals surface area (Å²) < 4.78 is 0. The third-order valence-electron chi connectivity index (χ3n) is 3.74. The molecule has 0 saturated heterocycles. The van der Waals surface area contributed by atoms with Crippen molar-refractivity contribution in [2.75, 3.05) is 0 Å². The van der Waals surface area contributed by atoms with Gasteiger partial charge in [-0.2, -0.15) is 0 Å². The van der Waals surface area contributed by atoms with Crippen molar-refractivity contribution in [3.05, 3.63) is 12.2 Å². The van der Waals surface area contributed by atoms with Crippen LogP contribution in [0.25, 0.3) is 0 Å². The molecule has 0 radical (unpaired) electrons. The molecule has 0 amide bonds. The van der Waals surface area contributed by atoms with Gasteiger partial charge in [-0.3, -0.25) is 0 Å². The zero-order valence-corrected chi connectivity index (χ0v) is 7.59. The van der Waals surface area contributed by atoms with Crippen molar-refractivity contribution >= 4 is 0 Å². The summed E-state index contributed by atoms with van der Waals surface area (Å²) >= 11 is 0. The van der Waals surface area contributed by atoms with Gasteiger partial charge in [0.1, 0.15) is 0 Å². The molecule has 3 unspecified atom stereocenters. The van der Waals surface area contributed by atoms with Crippen LogP contribution < -0.4 is 0 Å². The van der Waals surface area contributed by atoms with Gasteiger partial charge in [-0.05, 0) is 30.1 Å². The normalized spacial score (nSPS) is 47.1. The molecule has 1 saturated carbocycles. The minimum Gasteiger partial charge on any atom is -0.0848 e. The molecule has 2 bridgehead atoms. The molecule has 11 heavy (non-hydrogen) atoms. The first-order chi connectivity index (χ1) is 5.36. The van der Waals surface area contributed by atoms with Gasteiger partial charge in [0.2, 0.25) is 0 Å². The zero-order chi connectivity index (χ0) is 7.84. The topological polar surface area (TPSA) is 0 Å². The fraction of sp³-hybridized carbons (Fsp3) is 0.818. The van der Waals surface area contributed by atoms with Crippen LogP contribution in [-0.4, -0.2) is 0 Å². The van der Waals surface area contributed by atoms with Crippen molar-refractivity contribution in [2.24, 2.45) is 23.7 Å². The van der Waals surface area contributed by atoms with Crippen molar-refractivity contribution < 1.29 is 0 Å². The van der Waals surface area contributed by atoms with Crippen LogP contribution in [0.15, 0.2) is 12.2 Å². The van der Waals surface area contributed by atoms with E-state index in [9.17, 15) is 0 Å². The second kappa shape index (κ2) is 2.66. The second-order valence-corrected chi connectivity index (χ2v) is 4.09. The van der Waals surface area contributed by atoms with Crippen molar-refractivity contribution in [3.63, 3.8) is 0 Å². The average Bonchev–Trinajstić information content (AvgIpc) is 2.60. The summed E-state index contributed by atoms with van der Waals surface area (Å²) in [5.41, 5.74) is 0. The Morgan fingerprint density at radius 1 is 1.00 bits per heavy atom. The molecule has 0 aromatic heterocycles. The molecule has 4 atom stereocenters. The van der Waals surface area contributed by atoms with Gasteiger partial charge in [-0.15, -0.1) is 0 Å². The van der Waals surface area contributed by atoms with Crippen LogP contribution in [0.5, 0.6) is 0 Å². The van der Waals surface area contributed by atoms with E-state index >= 15 is 0 Å². The number of hydrogen-bond acceptors (Lipinski definition) is 0. The predicted molar refractivity (Wildman–Crippen MR) is 48.3 cm³/mol. The first-order valence-electron chi connectivity index (χ1n) is 5.05. The van der Waals surface area contributed by atoms with Gasteiger partial charge in [-0.1, -0.05) is 38.8 Å². The van der Waals surface area contributed by atoms with Gasteiger partial charge < -0.3 is 0 Å². The van der Waals surface area contributed by atoms with E-state index in [0.29, 0.717) is 0 Å². The highest BCUT2D eigenvalue weighted by atomic mass is 14.5. The number of allylic oxidation sites excluding steroid dienone is 2. The molecule has 0 nitrogen and oxygen atoms in total. The Balaban J connectivity index is 2.15. The van der Waals surface area contributed by atoms with Gasteiger partial charge in [0.25, 0.3) is 0 Å². The van der Waals surface area contributed by atoms with Crippen LogP contribution in [0.4, 0.5) is 0 Å². The summed E-state index contributed by atoms with van der Waals surface area (Å²) in [6.07, 6.45) is 9.18. The Hall–Kier alpha value is -0.260. The first-order valence-corrected chi connectivity index (χ1v) is 5.05. The van der Waals surface area contributed by atoms with Crippen molar-refractivity contribution in [2.45, 2.75) is 33.1 Å². The largest absolute Gasteiger partial charge is 0.0848 e. The van der Waals surface area contributed by atoms with E-state index in [4.69, 9.17) is 0 Å². The molecular weight excluding hydrogens is 132 g/mol. The Morgan fingerprint density at radius 2 is 1.45 bits per heavy atom. The van der Waals surface area contributed by atoms with Crippen LogP contribution in [0.2, 0.25) is 0 Å². The lowest BCUT2D eigenvalue weighted by Gasteiger charge is -2.25. The van der Waals surface area contributed by atoms with Gasteiger partial charge >= 0.3 is 0 Å². The molecule has 0 spiro atoms. The Morgan fingerprint density at radius 3 is 1.82 bits per heavy atom. The minimum absolute atomic E-state index is 0.954. The van der Waals surface area contributed by atoms with E-state index in [1.165, 1.54) is 19.3 Å². The standard InChI is InChI=1S/C11H18/c1-3-10-8-5-6-9(7-8)11(10)4-2/h5-6,8-11H,3-4,7H2,1-2H3/t8?,9?,10-,11?/m1/s1. The monoisotopic (exact) mass is 150 g/mol. The minimum atomic E-state index is 0.954. The third kappa shape index (κ3) is 0.953. The third-order valence-corrected chi connectivity index (χ3v) is 3.74. The average molecular weight is 150 g/mol. The smallest absolute Gasteiger partial charge is 0.0197 e. The maximum Gasteiger partial charge on any atom is -0.0197 e. The van der Waals surface area contributed by atoms with Crippen molar-refractivity contribution in [1.82, 2.24) is 0 Å². The second-order valence-electron chi connectivity index (χ2n) is 4.09. The highest BCUT2D eigenvalue weighted by Crippen LogP contribution is 2.50. The van der Waals surface area contributed by atoms with Crippen molar-refractivity contribution in [1.29, 1.82) is 0 Å².